The Labute approximate surface area is 121 Å². The van der Waals surface area contributed by atoms with Crippen LogP contribution in [0.2, 0.25) is 0 Å². The molecule has 0 spiro atoms. The molecule has 110 valence electrons. The minimum Gasteiger partial charge on any atom is -0.324 e. The Morgan fingerprint density at radius 2 is 2.00 bits per heavy atom. The number of nitrogens with zero attached hydrogens (tertiary/aromatic N) is 1. The van der Waals surface area contributed by atoms with Crippen LogP contribution < -0.4 is 16.6 Å². The van der Waals surface area contributed by atoms with Crippen LogP contribution in [0.5, 0.6) is 0 Å². The van der Waals surface area contributed by atoms with Gasteiger partial charge in [0.15, 0.2) is 0 Å². The second kappa shape index (κ2) is 6.21. The predicted octanol–water partition coefficient (Wildman–Crippen LogP) is 1.05. The van der Waals surface area contributed by atoms with Gasteiger partial charge < -0.3 is 5.32 Å². The van der Waals surface area contributed by atoms with Gasteiger partial charge in [-0.15, -0.1) is 0 Å². The molecule has 0 saturated carbocycles. The number of rotatable bonds is 4. The lowest BCUT2D eigenvalue weighted by Gasteiger charge is -2.09. The zero-order chi connectivity index (χ0) is 15.4. The SMILES string of the molecule is CCc1cn(CC(=O)Nc2ccccc2C)c(=O)[nH]c1=O. The summed E-state index contributed by atoms with van der Waals surface area (Å²) in [7, 11) is 0. The number of nitrogens with one attached hydrogen (secondary N) is 2. The van der Waals surface area contributed by atoms with E-state index in [1.807, 2.05) is 32.0 Å². The second-order valence-electron chi connectivity index (χ2n) is 4.76. The third kappa shape index (κ3) is 3.47. The highest BCUT2D eigenvalue weighted by molar-refractivity contribution is 5.91. The van der Waals surface area contributed by atoms with E-state index >= 15 is 0 Å². The maximum atomic E-state index is 12.0. The fourth-order valence-electron chi connectivity index (χ4n) is 1.98. The maximum Gasteiger partial charge on any atom is 0.328 e. The quantitative estimate of drug-likeness (QED) is 0.881. The van der Waals surface area contributed by atoms with E-state index in [2.05, 4.69) is 10.3 Å². The van der Waals surface area contributed by atoms with E-state index in [0.29, 0.717) is 17.7 Å². The van der Waals surface area contributed by atoms with Crippen molar-refractivity contribution < 1.29 is 4.79 Å². The van der Waals surface area contributed by atoms with Crippen molar-refractivity contribution in [3.8, 4) is 0 Å². The molecular formula is C15H17N3O3. The number of anilines is 1. The minimum atomic E-state index is -0.586. The van der Waals surface area contributed by atoms with Crippen molar-refractivity contribution in [1.82, 2.24) is 9.55 Å². The monoisotopic (exact) mass is 287 g/mol. The molecular weight excluding hydrogens is 270 g/mol. The summed E-state index contributed by atoms with van der Waals surface area (Å²) < 4.78 is 1.20. The van der Waals surface area contributed by atoms with E-state index in [9.17, 15) is 14.4 Å². The Kier molecular flexibility index (Phi) is 4.37. The van der Waals surface area contributed by atoms with Gasteiger partial charge in [-0.05, 0) is 25.0 Å². The number of H-pyrrole nitrogens is 1. The van der Waals surface area contributed by atoms with Crippen LogP contribution in [0.4, 0.5) is 5.69 Å². The molecule has 0 atom stereocenters. The average Bonchev–Trinajstić information content (AvgIpc) is 2.44. The number of benzene rings is 1. The van der Waals surface area contributed by atoms with Crippen LogP contribution in [0.3, 0.4) is 0 Å². The summed E-state index contributed by atoms with van der Waals surface area (Å²) in [5, 5.41) is 2.75. The van der Waals surface area contributed by atoms with E-state index < -0.39 is 11.2 Å². The van der Waals surface area contributed by atoms with Gasteiger partial charge in [-0.25, -0.2) is 4.79 Å². The first-order chi connectivity index (χ1) is 10.0. The van der Waals surface area contributed by atoms with Crippen molar-refractivity contribution in [2.24, 2.45) is 0 Å². The first-order valence-electron chi connectivity index (χ1n) is 6.69. The normalized spacial score (nSPS) is 10.4. The number of aryl methyl sites for hydroxylation is 2. The van der Waals surface area contributed by atoms with Crippen LogP contribution in [0.15, 0.2) is 40.1 Å². The summed E-state index contributed by atoms with van der Waals surface area (Å²) in [5.74, 6) is -0.319. The molecule has 0 saturated heterocycles. The van der Waals surface area contributed by atoms with Crippen molar-refractivity contribution in [1.29, 1.82) is 0 Å². The van der Waals surface area contributed by atoms with Crippen LogP contribution in [-0.2, 0) is 17.8 Å². The topological polar surface area (TPSA) is 84.0 Å². The fraction of sp³-hybridized carbons (Fsp3) is 0.267. The van der Waals surface area contributed by atoms with Crippen molar-refractivity contribution in [2.45, 2.75) is 26.8 Å². The fourth-order valence-corrected chi connectivity index (χ4v) is 1.98. The van der Waals surface area contributed by atoms with Crippen LogP contribution in [-0.4, -0.2) is 15.5 Å². The molecule has 21 heavy (non-hydrogen) atoms. The molecule has 0 bridgehead atoms. The van der Waals surface area contributed by atoms with Gasteiger partial charge in [0.1, 0.15) is 6.54 Å². The highest BCUT2D eigenvalue weighted by Crippen LogP contribution is 2.12. The number of hydrogen-bond donors (Lipinski definition) is 2. The molecule has 1 aromatic carbocycles. The van der Waals surface area contributed by atoms with E-state index in [1.165, 1.54) is 10.8 Å². The molecule has 0 radical (unpaired) electrons. The van der Waals surface area contributed by atoms with Crippen molar-refractivity contribution in [3.05, 3.63) is 62.4 Å². The average molecular weight is 287 g/mol. The van der Waals surface area contributed by atoms with E-state index in [1.54, 1.807) is 6.07 Å². The van der Waals surface area contributed by atoms with Gasteiger partial charge in [-0.2, -0.15) is 0 Å². The minimum absolute atomic E-state index is 0.142. The van der Waals surface area contributed by atoms with Gasteiger partial charge in [0.25, 0.3) is 5.56 Å². The van der Waals surface area contributed by atoms with Crippen LogP contribution in [0.1, 0.15) is 18.1 Å². The number of para-hydroxylation sites is 1. The second-order valence-corrected chi connectivity index (χ2v) is 4.76. The third-order valence-electron chi connectivity index (χ3n) is 3.20. The van der Waals surface area contributed by atoms with Gasteiger partial charge in [-0.3, -0.25) is 19.1 Å². The number of aromatic nitrogens is 2. The van der Waals surface area contributed by atoms with Gasteiger partial charge in [0, 0.05) is 17.4 Å². The maximum absolute atomic E-state index is 12.0. The summed E-state index contributed by atoms with van der Waals surface area (Å²) in [4.78, 5) is 37.4. The molecule has 0 aliphatic carbocycles. The number of carbonyl (C=O) groups is 1. The van der Waals surface area contributed by atoms with Crippen LogP contribution in [0, 0.1) is 6.92 Å². The Hall–Kier alpha value is -2.63. The smallest absolute Gasteiger partial charge is 0.324 e. The summed E-state index contributed by atoms with van der Waals surface area (Å²) >= 11 is 0. The molecule has 1 aromatic heterocycles. The molecule has 0 aliphatic rings. The molecule has 1 heterocycles. The van der Waals surface area contributed by atoms with Gasteiger partial charge in [0.05, 0.1) is 0 Å². The highest BCUT2D eigenvalue weighted by atomic mass is 16.2. The van der Waals surface area contributed by atoms with Gasteiger partial charge in [0.2, 0.25) is 5.91 Å². The number of hydrogen-bond acceptors (Lipinski definition) is 3. The molecule has 0 fully saturated rings. The van der Waals surface area contributed by atoms with Crippen molar-refractivity contribution in [2.75, 3.05) is 5.32 Å². The Morgan fingerprint density at radius 3 is 2.67 bits per heavy atom. The molecule has 2 rings (SSSR count). The molecule has 2 N–H and O–H groups in total. The molecule has 1 amide bonds. The van der Waals surface area contributed by atoms with E-state index in [4.69, 9.17) is 0 Å². The molecule has 0 unspecified atom stereocenters. The van der Waals surface area contributed by atoms with E-state index in [-0.39, 0.29) is 12.5 Å². The summed E-state index contributed by atoms with van der Waals surface area (Å²) in [6, 6.07) is 7.38. The first kappa shape index (κ1) is 14.8. The number of aromatic amines is 1. The summed E-state index contributed by atoms with van der Waals surface area (Å²) in [5.41, 5.74) is 1.12. The Bertz CT molecular complexity index is 774. The largest absolute Gasteiger partial charge is 0.328 e. The highest BCUT2D eigenvalue weighted by Gasteiger charge is 2.08. The lowest BCUT2D eigenvalue weighted by Crippen LogP contribution is -2.34. The summed E-state index contributed by atoms with van der Waals surface area (Å²) in [6.45, 7) is 3.56. The third-order valence-corrected chi connectivity index (χ3v) is 3.20. The van der Waals surface area contributed by atoms with Gasteiger partial charge >= 0.3 is 5.69 Å². The Morgan fingerprint density at radius 1 is 1.29 bits per heavy atom. The molecule has 0 aliphatic heterocycles. The standard InChI is InChI=1S/C15H17N3O3/c1-3-11-8-18(15(21)17-14(11)20)9-13(19)16-12-7-5-4-6-10(12)2/h4-8H,3,9H2,1-2H3,(H,16,19)(H,17,20,21). The predicted molar refractivity (Wildman–Crippen MR) is 80.5 cm³/mol. The molecule has 2 aromatic rings. The lowest BCUT2D eigenvalue weighted by atomic mass is 10.2. The lowest BCUT2D eigenvalue weighted by molar-refractivity contribution is -0.116. The number of amides is 1. The van der Waals surface area contributed by atoms with Gasteiger partial charge in [-0.1, -0.05) is 25.1 Å². The van der Waals surface area contributed by atoms with Crippen LogP contribution in [0.25, 0.3) is 0 Å². The zero-order valence-electron chi connectivity index (χ0n) is 12.0. The van der Waals surface area contributed by atoms with Crippen LogP contribution >= 0.6 is 0 Å². The van der Waals surface area contributed by atoms with E-state index in [0.717, 1.165) is 5.56 Å². The summed E-state index contributed by atoms with van der Waals surface area (Å²) in [6.07, 6.45) is 1.92. The Balaban J connectivity index is 2.19. The molecule has 6 heteroatoms. The van der Waals surface area contributed by atoms with Crippen molar-refractivity contribution >= 4 is 11.6 Å². The number of carbonyl (C=O) groups excluding carboxylic acids is 1. The zero-order valence-corrected chi connectivity index (χ0v) is 12.0. The first-order valence-corrected chi connectivity index (χ1v) is 6.69. The molecule has 6 nitrogen and oxygen atoms in total. The van der Waals surface area contributed by atoms with Crippen molar-refractivity contribution in [3.63, 3.8) is 0 Å².